The Hall–Kier alpha value is -0.220. The lowest BCUT2D eigenvalue weighted by molar-refractivity contribution is 0.955. The number of hydrogen-bond donors (Lipinski definition) is 0. The highest BCUT2D eigenvalue weighted by molar-refractivity contribution is 9.10. The first-order chi connectivity index (χ1) is 5.86. The van der Waals surface area contributed by atoms with Crippen LogP contribution in [0.3, 0.4) is 0 Å². The van der Waals surface area contributed by atoms with E-state index in [1.165, 1.54) is 5.75 Å². The second kappa shape index (κ2) is 3.66. The van der Waals surface area contributed by atoms with Crippen molar-refractivity contribution in [1.29, 1.82) is 0 Å². The molecule has 0 atom stereocenters. The standard InChI is InChI=1S/C8H9BrN2S/c9-7-2-1-3-8(10-7)11-4-5-12-6-11/h1-3H,4-6H2. The third-order valence-electron chi connectivity index (χ3n) is 1.78. The SMILES string of the molecule is Brc1cccc(N2CCSC2)n1. The van der Waals surface area contributed by atoms with Gasteiger partial charge in [-0.05, 0) is 28.1 Å². The third kappa shape index (κ3) is 1.75. The fraction of sp³-hybridized carbons (Fsp3) is 0.375. The van der Waals surface area contributed by atoms with E-state index in [9.17, 15) is 0 Å². The van der Waals surface area contributed by atoms with Crippen LogP contribution in [0.2, 0.25) is 0 Å². The van der Waals surface area contributed by atoms with Gasteiger partial charge in [-0.3, -0.25) is 0 Å². The molecule has 0 saturated carbocycles. The molecule has 0 radical (unpaired) electrons. The molecule has 1 fully saturated rings. The summed E-state index contributed by atoms with van der Waals surface area (Å²) in [6.45, 7) is 1.12. The van der Waals surface area contributed by atoms with Gasteiger partial charge in [-0.2, -0.15) is 0 Å². The number of anilines is 1. The van der Waals surface area contributed by atoms with Gasteiger partial charge in [0.15, 0.2) is 0 Å². The molecule has 0 amide bonds. The molecule has 0 unspecified atom stereocenters. The molecular formula is C8H9BrN2S. The van der Waals surface area contributed by atoms with Gasteiger partial charge in [0.25, 0.3) is 0 Å². The minimum atomic E-state index is 0.914. The van der Waals surface area contributed by atoms with E-state index in [0.717, 1.165) is 22.8 Å². The van der Waals surface area contributed by atoms with E-state index in [4.69, 9.17) is 0 Å². The van der Waals surface area contributed by atoms with Crippen LogP contribution in [0.4, 0.5) is 5.82 Å². The number of hydrogen-bond acceptors (Lipinski definition) is 3. The first-order valence-electron chi connectivity index (χ1n) is 3.81. The van der Waals surface area contributed by atoms with Crippen molar-refractivity contribution in [3.8, 4) is 0 Å². The third-order valence-corrected chi connectivity index (χ3v) is 3.18. The van der Waals surface area contributed by atoms with E-state index < -0.39 is 0 Å². The highest BCUT2D eigenvalue weighted by Gasteiger charge is 2.13. The van der Waals surface area contributed by atoms with Gasteiger partial charge in [0, 0.05) is 12.3 Å². The summed E-state index contributed by atoms with van der Waals surface area (Å²) in [4.78, 5) is 6.67. The van der Waals surface area contributed by atoms with Crippen LogP contribution in [0.1, 0.15) is 0 Å². The maximum Gasteiger partial charge on any atom is 0.130 e. The van der Waals surface area contributed by atoms with Gasteiger partial charge in [0.2, 0.25) is 0 Å². The van der Waals surface area contributed by atoms with Crippen molar-refractivity contribution in [2.24, 2.45) is 0 Å². The maximum atomic E-state index is 4.38. The van der Waals surface area contributed by atoms with Gasteiger partial charge < -0.3 is 4.90 Å². The minimum absolute atomic E-state index is 0.914. The molecule has 0 spiro atoms. The van der Waals surface area contributed by atoms with Gasteiger partial charge in [-0.15, -0.1) is 11.8 Å². The van der Waals surface area contributed by atoms with Gasteiger partial charge in [0.05, 0.1) is 5.88 Å². The first-order valence-corrected chi connectivity index (χ1v) is 5.76. The lowest BCUT2D eigenvalue weighted by atomic mass is 10.4. The van der Waals surface area contributed by atoms with Crippen molar-refractivity contribution < 1.29 is 0 Å². The Bertz CT molecular complexity index is 274. The van der Waals surface area contributed by atoms with Crippen molar-refractivity contribution >= 4 is 33.5 Å². The van der Waals surface area contributed by atoms with Crippen molar-refractivity contribution in [3.05, 3.63) is 22.8 Å². The molecule has 12 heavy (non-hydrogen) atoms. The highest BCUT2D eigenvalue weighted by atomic mass is 79.9. The van der Waals surface area contributed by atoms with E-state index in [-0.39, 0.29) is 0 Å². The zero-order chi connectivity index (χ0) is 8.39. The molecule has 1 aliphatic rings. The molecule has 0 aliphatic carbocycles. The summed E-state index contributed by atoms with van der Waals surface area (Å²) in [5.74, 6) is 3.37. The molecule has 0 N–H and O–H groups in total. The van der Waals surface area contributed by atoms with Gasteiger partial charge in [-0.1, -0.05) is 6.07 Å². The van der Waals surface area contributed by atoms with Crippen LogP contribution in [-0.4, -0.2) is 23.2 Å². The summed E-state index contributed by atoms with van der Waals surface area (Å²) in [6, 6.07) is 6.03. The lowest BCUT2D eigenvalue weighted by Crippen LogP contribution is -2.19. The number of pyridine rings is 1. The number of halogens is 1. The molecule has 1 aromatic heterocycles. The Labute approximate surface area is 84.5 Å². The largest absolute Gasteiger partial charge is 0.346 e. The fourth-order valence-corrected chi connectivity index (χ4v) is 2.46. The monoisotopic (exact) mass is 244 g/mol. The van der Waals surface area contributed by atoms with Gasteiger partial charge in [-0.25, -0.2) is 4.98 Å². The quantitative estimate of drug-likeness (QED) is 0.706. The Morgan fingerprint density at radius 1 is 1.50 bits per heavy atom. The zero-order valence-electron chi connectivity index (χ0n) is 6.53. The normalized spacial score (nSPS) is 16.9. The summed E-state index contributed by atoms with van der Waals surface area (Å²) in [5.41, 5.74) is 0. The van der Waals surface area contributed by atoms with Crippen molar-refractivity contribution in [1.82, 2.24) is 4.98 Å². The van der Waals surface area contributed by atoms with Crippen molar-refractivity contribution in [2.75, 3.05) is 23.1 Å². The molecule has 64 valence electrons. The smallest absolute Gasteiger partial charge is 0.130 e. The molecule has 1 aromatic rings. The predicted molar refractivity (Wildman–Crippen MR) is 56.6 cm³/mol. The van der Waals surface area contributed by atoms with Crippen LogP contribution < -0.4 is 4.90 Å². The van der Waals surface area contributed by atoms with E-state index >= 15 is 0 Å². The van der Waals surface area contributed by atoms with Crippen LogP contribution in [0.15, 0.2) is 22.8 Å². The number of aromatic nitrogens is 1. The van der Waals surface area contributed by atoms with Gasteiger partial charge in [0.1, 0.15) is 10.4 Å². The lowest BCUT2D eigenvalue weighted by Gasteiger charge is -2.14. The van der Waals surface area contributed by atoms with Crippen LogP contribution >= 0.6 is 27.7 Å². The van der Waals surface area contributed by atoms with Crippen molar-refractivity contribution in [2.45, 2.75) is 0 Å². The van der Waals surface area contributed by atoms with E-state index in [0.29, 0.717) is 0 Å². The minimum Gasteiger partial charge on any atom is -0.346 e. The van der Waals surface area contributed by atoms with Gasteiger partial charge >= 0.3 is 0 Å². The Morgan fingerprint density at radius 2 is 2.42 bits per heavy atom. The molecule has 1 saturated heterocycles. The molecule has 2 heterocycles. The number of thioether (sulfide) groups is 1. The zero-order valence-corrected chi connectivity index (χ0v) is 8.94. The van der Waals surface area contributed by atoms with Crippen LogP contribution in [0.25, 0.3) is 0 Å². The van der Waals surface area contributed by atoms with E-state index in [2.05, 4.69) is 31.9 Å². The average Bonchev–Trinajstić information content (AvgIpc) is 2.56. The summed E-state index contributed by atoms with van der Waals surface area (Å²) in [7, 11) is 0. The second-order valence-corrected chi connectivity index (χ2v) is 4.51. The summed E-state index contributed by atoms with van der Waals surface area (Å²) in [5, 5.41) is 0. The number of rotatable bonds is 1. The number of nitrogens with zero attached hydrogens (tertiary/aromatic N) is 2. The maximum absolute atomic E-state index is 4.38. The summed E-state index contributed by atoms with van der Waals surface area (Å²) < 4.78 is 0.914. The average molecular weight is 245 g/mol. The molecule has 1 aliphatic heterocycles. The van der Waals surface area contributed by atoms with E-state index in [1.54, 1.807) is 0 Å². The van der Waals surface area contributed by atoms with Crippen LogP contribution in [0.5, 0.6) is 0 Å². The fourth-order valence-electron chi connectivity index (χ4n) is 1.17. The summed E-state index contributed by atoms with van der Waals surface area (Å²) >= 11 is 5.32. The van der Waals surface area contributed by atoms with Crippen LogP contribution in [0, 0.1) is 0 Å². The Balaban J connectivity index is 2.21. The molecule has 4 heteroatoms. The molecule has 0 aromatic carbocycles. The highest BCUT2D eigenvalue weighted by Crippen LogP contribution is 2.21. The van der Waals surface area contributed by atoms with E-state index in [1.807, 2.05) is 23.9 Å². The molecule has 2 nitrogen and oxygen atoms in total. The second-order valence-electron chi connectivity index (χ2n) is 2.62. The predicted octanol–water partition coefficient (Wildman–Crippen LogP) is 2.35. The van der Waals surface area contributed by atoms with Crippen LogP contribution in [-0.2, 0) is 0 Å². The van der Waals surface area contributed by atoms with Crippen molar-refractivity contribution in [3.63, 3.8) is 0 Å². The topological polar surface area (TPSA) is 16.1 Å². The molecule has 2 rings (SSSR count). The first kappa shape index (κ1) is 8.38. The summed E-state index contributed by atoms with van der Waals surface area (Å²) in [6.07, 6.45) is 0. The Kier molecular flexibility index (Phi) is 2.56. The Morgan fingerprint density at radius 3 is 3.08 bits per heavy atom. The molecular weight excluding hydrogens is 236 g/mol. The molecule has 0 bridgehead atoms.